The lowest BCUT2D eigenvalue weighted by atomic mass is 9.84. The zero-order chi connectivity index (χ0) is 16.7. The Morgan fingerprint density at radius 3 is 2.71 bits per heavy atom. The number of fused-ring (bicyclic) bond motifs is 1. The number of hydrogen-bond donors (Lipinski definition) is 0. The number of rotatable bonds is 3. The molecule has 2 amide bonds. The Labute approximate surface area is 143 Å². The molecule has 2 fully saturated rings. The number of amides is 2. The summed E-state index contributed by atoms with van der Waals surface area (Å²) in [4.78, 5) is 29.1. The molecule has 128 valence electrons. The summed E-state index contributed by atoms with van der Waals surface area (Å²) < 4.78 is 0. The van der Waals surface area contributed by atoms with Crippen LogP contribution in [0.4, 0.5) is 0 Å². The number of carbonyl (C=O) groups is 2. The van der Waals surface area contributed by atoms with Crippen molar-refractivity contribution in [1.29, 1.82) is 0 Å². The Morgan fingerprint density at radius 1 is 1.17 bits per heavy atom. The maximum absolute atomic E-state index is 12.9. The second kappa shape index (κ2) is 5.99. The maximum Gasteiger partial charge on any atom is 0.237 e. The van der Waals surface area contributed by atoms with E-state index in [4.69, 9.17) is 0 Å². The van der Waals surface area contributed by atoms with Gasteiger partial charge < -0.3 is 0 Å². The fourth-order valence-electron chi connectivity index (χ4n) is 4.95. The van der Waals surface area contributed by atoms with Crippen molar-refractivity contribution in [3.05, 3.63) is 35.4 Å². The molecule has 1 aliphatic heterocycles. The standard InChI is InChI=1S/C20H26N2O2/c1-21(17-10-6-8-15-7-2-3-9-16(15)17)14-22-18(23)13-20(19(22)24)11-4-5-12-20/h2-3,7,9,17H,4-6,8,10-14H2,1H3. The molecule has 0 radical (unpaired) electrons. The van der Waals surface area contributed by atoms with Gasteiger partial charge in [-0.15, -0.1) is 0 Å². The van der Waals surface area contributed by atoms with Crippen molar-refractivity contribution < 1.29 is 9.59 Å². The van der Waals surface area contributed by atoms with Crippen LogP contribution in [0.25, 0.3) is 0 Å². The van der Waals surface area contributed by atoms with Gasteiger partial charge in [-0.3, -0.25) is 19.4 Å². The molecule has 1 atom stereocenters. The van der Waals surface area contributed by atoms with Gasteiger partial charge in [0, 0.05) is 12.5 Å². The smallest absolute Gasteiger partial charge is 0.237 e. The van der Waals surface area contributed by atoms with E-state index in [1.54, 1.807) is 0 Å². The summed E-state index contributed by atoms with van der Waals surface area (Å²) in [6.07, 6.45) is 7.77. The maximum atomic E-state index is 12.9. The number of imide groups is 1. The van der Waals surface area contributed by atoms with Gasteiger partial charge in [0.1, 0.15) is 0 Å². The molecule has 3 aliphatic rings. The molecule has 1 unspecified atom stereocenters. The molecule has 0 aromatic heterocycles. The highest BCUT2D eigenvalue weighted by molar-refractivity contribution is 6.06. The van der Waals surface area contributed by atoms with Crippen molar-refractivity contribution in [2.24, 2.45) is 5.41 Å². The minimum atomic E-state index is -0.359. The normalized spacial score (nSPS) is 25.8. The lowest BCUT2D eigenvalue weighted by molar-refractivity contribution is -0.144. The predicted molar refractivity (Wildman–Crippen MR) is 92.1 cm³/mol. The van der Waals surface area contributed by atoms with E-state index in [-0.39, 0.29) is 17.2 Å². The van der Waals surface area contributed by atoms with Crippen molar-refractivity contribution in [3.63, 3.8) is 0 Å². The van der Waals surface area contributed by atoms with Gasteiger partial charge in [-0.05, 0) is 50.3 Å². The van der Waals surface area contributed by atoms with Gasteiger partial charge in [0.2, 0.25) is 11.8 Å². The van der Waals surface area contributed by atoms with Crippen LogP contribution in [0.15, 0.2) is 24.3 Å². The van der Waals surface area contributed by atoms with Crippen LogP contribution in [0.5, 0.6) is 0 Å². The molecule has 1 heterocycles. The highest BCUT2D eigenvalue weighted by Crippen LogP contribution is 2.47. The number of hydrogen-bond acceptors (Lipinski definition) is 3. The molecule has 24 heavy (non-hydrogen) atoms. The Kier molecular flexibility index (Phi) is 3.95. The third-order valence-electron chi connectivity index (χ3n) is 6.28. The third kappa shape index (κ3) is 2.48. The van der Waals surface area contributed by atoms with Crippen LogP contribution in [-0.4, -0.2) is 35.3 Å². The molecular formula is C20H26N2O2. The van der Waals surface area contributed by atoms with E-state index in [9.17, 15) is 9.59 Å². The Morgan fingerprint density at radius 2 is 1.92 bits per heavy atom. The molecule has 1 aromatic carbocycles. The van der Waals surface area contributed by atoms with Crippen molar-refractivity contribution >= 4 is 11.8 Å². The summed E-state index contributed by atoms with van der Waals surface area (Å²) in [5, 5.41) is 0. The second-order valence-electron chi connectivity index (χ2n) is 7.80. The first-order valence-electron chi connectivity index (χ1n) is 9.24. The van der Waals surface area contributed by atoms with Crippen LogP contribution < -0.4 is 0 Å². The number of aryl methyl sites for hydroxylation is 1. The predicted octanol–water partition coefficient (Wildman–Crippen LogP) is 3.27. The number of benzene rings is 1. The largest absolute Gasteiger partial charge is 0.282 e. The SMILES string of the molecule is CN(CN1C(=O)CC2(CCCC2)C1=O)C1CCCc2ccccc21. The van der Waals surface area contributed by atoms with Gasteiger partial charge in [0.15, 0.2) is 0 Å². The van der Waals surface area contributed by atoms with Crippen LogP contribution in [0, 0.1) is 5.41 Å². The fourth-order valence-corrected chi connectivity index (χ4v) is 4.95. The monoisotopic (exact) mass is 326 g/mol. The van der Waals surface area contributed by atoms with E-state index in [0.717, 1.165) is 44.9 Å². The first kappa shape index (κ1) is 15.8. The quantitative estimate of drug-likeness (QED) is 0.801. The number of nitrogens with zero attached hydrogens (tertiary/aromatic N) is 2. The number of carbonyl (C=O) groups excluding carboxylic acids is 2. The summed E-state index contributed by atoms with van der Waals surface area (Å²) in [6, 6.07) is 8.88. The van der Waals surface area contributed by atoms with Gasteiger partial charge in [-0.25, -0.2) is 0 Å². The molecule has 1 saturated carbocycles. The molecule has 2 aliphatic carbocycles. The summed E-state index contributed by atoms with van der Waals surface area (Å²) in [7, 11) is 2.05. The highest BCUT2D eigenvalue weighted by atomic mass is 16.2. The van der Waals surface area contributed by atoms with Gasteiger partial charge >= 0.3 is 0 Å². The van der Waals surface area contributed by atoms with E-state index < -0.39 is 0 Å². The highest BCUT2D eigenvalue weighted by Gasteiger charge is 2.52. The van der Waals surface area contributed by atoms with Gasteiger partial charge in [-0.1, -0.05) is 37.1 Å². The molecule has 4 rings (SSSR count). The summed E-state index contributed by atoms with van der Waals surface area (Å²) >= 11 is 0. The molecule has 1 spiro atoms. The molecule has 1 saturated heterocycles. The summed E-state index contributed by atoms with van der Waals surface area (Å²) in [6.45, 7) is 0.429. The van der Waals surface area contributed by atoms with Crippen LogP contribution in [0.2, 0.25) is 0 Å². The van der Waals surface area contributed by atoms with Gasteiger partial charge in [-0.2, -0.15) is 0 Å². The lowest BCUT2D eigenvalue weighted by Gasteiger charge is -2.35. The molecule has 0 bridgehead atoms. The zero-order valence-corrected chi connectivity index (χ0v) is 14.5. The first-order valence-corrected chi connectivity index (χ1v) is 9.24. The van der Waals surface area contributed by atoms with E-state index in [2.05, 4.69) is 29.2 Å². The van der Waals surface area contributed by atoms with Crippen LogP contribution in [0.1, 0.15) is 62.1 Å². The average Bonchev–Trinajstić information content (AvgIpc) is 3.15. The molecule has 4 nitrogen and oxygen atoms in total. The lowest BCUT2D eigenvalue weighted by Crippen LogP contribution is -2.43. The van der Waals surface area contributed by atoms with E-state index in [0.29, 0.717) is 19.1 Å². The summed E-state index contributed by atoms with van der Waals surface area (Å²) in [5.74, 6) is 0.110. The van der Waals surface area contributed by atoms with Crippen molar-refractivity contribution in [2.45, 2.75) is 57.4 Å². The fraction of sp³-hybridized carbons (Fsp3) is 0.600. The minimum Gasteiger partial charge on any atom is -0.282 e. The summed E-state index contributed by atoms with van der Waals surface area (Å²) in [5.41, 5.74) is 2.41. The van der Waals surface area contributed by atoms with Crippen LogP contribution in [0.3, 0.4) is 0 Å². The molecule has 0 N–H and O–H groups in total. The molecule has 1 aromatic rings. The first-order chi connectivity index (χ1) is 11.6. The average molecular weight is 326 g/mol. The third-order valence-corrected chi connectivity index (χ3v) is 6.28. The Balaban J connectivity index is 1.52. The Bertz CT molecular complexity index is 663. The number of likely N-dealkylation sites (tertiary alicyclic amines) is 1. The second-order valence-corrected chi connectivity index (χ2v) is 7.80. The molecule has 4 heteroatoms. The van der Waals surface area contributed by atoms with Crippen molar-refractivity contribution in [1.82, 2.24) is 9.80 Å². The zero-order valence-electron chi connectivity index (χ0n) is 14.5. The van der Waals surface area contributed by atoms with Crippen LogP contribution in [-0.2, 0) is 16.0 Å². The Hall–Kier alpha value is -1.68. The van der Waals surface area contributed by atoms with E-state index >= 15 is 0 Å². The molecular weight excluding hydrogens is 300 g/mol. The van der Waals surface area contributed by atoms with E-state index in [1.165, 1.54) is 16.0 Å². The van der Waals surface area contributed by atoms with Gasteiger partial charge in [0.25, 0.3) is 0 Å². The van der Waals surface area contributed by atoms with E-state index in [1.807, 2.05) is 7.05 Å². The van der Waals surface area contributed by atoms with Crippen LogP contribution >= 0.6 is 0 Å². The van der Waals surface area contributed by atoms with Gasteiger partial charge in [0.05, 0.1) is 12.1 Å². The van der Waals surface area contributed by atoms with Crippen molar-refractivity contribution in [2.75, 3.05) is 13.7 Å². The van der Waals surface area contributed by atoms with Crippen molar-refractivity contribution in [3.8, 4) is 0 Å². The topological polar surface area (TPSA) is 40.6 Å². The minimum absolute atomic E-state index is 0.0258.